The van der Waals surface area contributed by atoms with Gasteiger partial charge in [0.05, 0.1) is 27.6 Å². The smallest absolute Gasteiger partial charge is 0.345 e. The number of hydrogen-bond acceptors (Lipinski definition) is 5. The van der Waals surface area contributed by atoms with Crippen LogP contribution in [0.4, 0.5) is 26.3 Å². The third kappa shape index (κ3) is 5.88. The maximum atomic E-state index is 12.9. The number of benzene rings is 1. The summed E-state index contributed by atoms with van der Waals surface area (Å²) >= 11 is 0. The molecule has 0 aliphatic rings. The molecule has 1 N–H and O–H groups in total. The number of hydrogen-bond donors (Lipinski definition) is 1. The molecule has 0 unspecified atom stereocenters. The zero-order chi connectivity index (χ0) is 24.4. The van der Waals surface area contributed by atoms with Crippen LogP contribution in [0.1, 0.15) is 21.7 Å². The lowest BCUT2D eigenvalue weighted by molar-refractivity contribution is -0.142. The van der Waals surface area contributed by atoms with Crippen molar-refractivity contribution in [2.24, 2.45) is 0 Å². The first-order chi connectivity index (χ1) is 15.3. The van der Waals surface area contributed by atoms with E-state index < -0.39 is 45.1 Å². The molecule has 0 spiro atoms. The van der Waals surface area contributed by atoms with Gasteiger partial charge in [0, 0.05) is 12.4 Å². The highest BCUT2D eigenvalue weighted by molar-refractivity contribution is 7.91. The van der Waals surface area contributed by atoms with E-state index in [1.54, 1.807) is 0 Å². The lowest BCUT2D eigenvalue weighted by Gasteiger charge is -2.11. The summed E-state index contributed by atoms with van der Waals surface area (Å²) in [4.78, 5) is 15.1. The summed E-state index contributed by atoms with van der Waals surface area (Å²) in [6.45, 7) is -1.71. The third-order valence-electron chi connectivity index (χ3n) is 4.29. The molecule has 2 heterocycles. The van der Waals surface area contributed by atoms with Gasteiger partial charge in [0.25, 0.3) is 5.91 Å². The lowest BCUT2D eigenvalue weighted by Crippen LogP contribution is -2.29. The molecule has 3 rings (SSSR count). The van der Waals surface area contributed by atoms with Gasteiger partial charge in [-0.25, -0.2) is 8.42 Å². The molecule has 0 aliphatic carbocycles. The van der Waals surface area contributed by atoms with Crippen LogP contribution in [0.5, 0.6) is 0 Å². The van der Waals surface area contributed by atoms with E-state index in [1.165, 1.54) is 6.07 Å². The second-order valence-electron chi connectivity index (χ2n) is 6.69. The molecule has 14 heteroatoms. The van der Waals surface area contributed by atoms with Crippen molar-refractivity contribution in [1.29, 1.82) is 0 Å². The standard InChI is InChI=1S/C19H14F6N4O3S/c20-18(21,22)11-29-16(6-7-28-29)17(30)27-9-13-4-5-15(10-26-13)33(31,32)14-3-1-2-12(8-14)19(23,24)25/h1-8,10H,9,11H2,(H,27,30). The maximum absolute atomic E-state index is 12.9. The van der Waals surface area contributed by atoms with Crippen LogP contribution in [0.15, 0.2) is 64.6 Å². The van der Waals surface area contributed by atoms with Gasteiger partial charge in [-0.3, -0.25) is 14.5 Å². The van der Waals surface area contributed by atoms with E-state index in [9.17, 15) is 39.6 Å². The van der Waals surface area contributed by atoms with E-state index in [4.69, 9.17) is 0 Å². The molecule has 0 radical (unpaired) electrons. The molecule has 1 amide bonds. The number of halogens is 6. The number of aromatic nitrogens is 3. The Kier molecular flexibility index (Phi) is 6.49. The van der Waals surface area contributed by atoms with Crippen molar-refractivity contribution in [1.82, 2.24) is 20.1 Å². The fourth-order valence-electron chi connectivity index (χ4n) is 2.73. The molecule has 2 aromatic heterocycles. The van der Waals surface area contributed by atoms with E-state index in [1.807, 2.05) is 0 Å². The van der Waals surface area contributed by atoms with Crippen molar-refractivity contribution < 1.29 is 39.6 Å². The number of rotatable bonds is 6. The van der Waals surface area contributed by atoms with Gasteiger partial charge in [-0.05, 0) is 36.4 Å². The number of nitrogens with zero attached hydrogens (tertiary/aromatic N) is 3. The van der Waals surface area contributed by atoms with Crippen molar-refractivity contribution in [2.45, 2.75) is 35.2 Å². The van der Waals surface area contributed by atoms with Gasteiger partial charge in [-0.1, -0.05) is 6.07 Å². The number of amides is 1. The average molecular weight is 492 g/mol. The Morgan fingerprint density at radius 2 is 1.73 bits per heavy atom. The summed E-state index contributed by atoms with van der Waals surface area (Å²) in [6, 6.07) is 6.64. The summed E-state index contributed by atoms with van der Waals surface area (Å²) in [5, 5.41) is 5.79. The Balaban J connectivity index is 1.71. The molecule has 0 aliphatic heterocycles. The zero-order valence-electron chi connectivity index (χ0n) is 16.4. The average Bonchev–Trinajstić information content (AvgIpc) is 3.18. The molecule has 0 fully saturated rings. The SMILES string of the molecule is O=C(NCc1ccc(S(=O)(=O)c2cccc(C(F)(F)F)c2)cn1)c1ccnn1CC(F)(F)F. The highest BCUT2D eigenvalue weighted by Gasteiger charge is 2.32. The summed E-state index contributed by atoms with van der Waals surface area (Å²) < 4.78 is 102. The zero-order valence-corrected chi connectivity index (χ0v) is 17.2. The van der Waals surface area contributed by atoms with E-state index in [2.05, 4.69) is 15.4 Å². The van der Waals surface area contributed by atoms with Crippen LogP contribution in [0.2, 0.25) is 0 Å². The van der Waals surface area contributed by atoms with Crippen LogP contribution in [-0.2, 0) is 29.1 Å². The number of carbonyl (C=O) groups excluding carboxylic acids is 1. The first-order valence-electron chi connectivity index (χ1n) is 9.01. The van der Waals surface area contributed by atoms with Gasteiger partial charge in [0.2, 0.25) is 9.84 Å². The molecule has 176 valence electrons. The van der Waals surface area contributed by atoms with E-state index in [-0.39, 0.29) is 22.8 Å². The van der Waals surface area contributed by atoms with Crippen molar-refractivity contribution in [3.05, 3.63) is 71.8 Å². The molecular formula is C19H14F6N4O3S. The summed E-state index contributed by atoms with van der Waals surface area (Å²) in [7, 11) is -4.30. The van der Waals surface area contributed by atoms with Gasteiger partial charge in [-0.15, -0.1) is 0 Å². The summed E-state index contributed by atoms with van der Waals surface area (Å²) in [5.41, 5.74) is -1.30. The third-order valence-corrected chi connectivity index (χ3v) is 6.02. The quantitative estimate of drug-likeness (QED) is 0.531. The predicted molar refractivity (Wildman–Crippen MR) is 101 cm³/mol. The van der Waals surface area contributed by atoms with E-state index in [0.29, 0.717) is 10.7 Å². The number of sulfone groups is 1. The van der Waals surface area contributed by atoms with Gasteiger partial charge in [0.15, 0.2) is 0 Å². The van der Waals surface area contributed by atoms with E-state index >= 15 is 0 Å². The van der Waals surface area contributed by atoms with Crippen molar-refractivity contribution >= 4 is 15.7 Å². The minimum absolute atomic E-state index is 0.160. The fourth-order valence-corrected chi connectivity index (χ4v) is 3.98. The minimum Gasteiger partial charge on any atom is -0.345 e. The highest BCUT2D eigenvalue weighted by Crippen LogP contribution is 2.31. The number of pyridine rings is 1. The lowest BCUT2D eigenvalue weighted by atomic mass is 10.2. The second-order valence-corrected chi connectivity index (χ2v) is 8.64. The molecule has 0 saturated heterocycles. The van der Waals surface area contributed by atoms with Gasteiger partial charge in [-0.2, -0.15) is 31.4 Å². The minimum atomic E-state index is -4.72. The number of nitrogens with one attached hydrogen (secondary N) is 1. The Hall–Kier alpha value is -3.42. The Labute approximate surface area is 183 Å². The topological polar surface area (TPSA) is 93.9 Å². The largest absolute Gasteiger partial charge is 0.416 e. The molecule has 3 aromatic rings. The van der Waals surface area contributed by atoms with Crippen LogP contribution >= 0.6 is 0 Å². The molecule has 1 aromatic carbocycles. The first-order valence-corrected chi connectivity index (χ1v) is 10.5. The normalized spacial score (nSPS) is 12.5. The predicted octanol–water partition coefficient (Wildman–Crippen LogP) is 3.62. The molecule has 0 atom stereocenters. The first kappa shape index (κ1) is 24.2. The fraction of sp³-hybridized carbons (Fsp3) is 0.211. The van der Waals surface area contributed by atoms with Crippen LogP contribution in [0.25, 0.3) is 0 Å². The molecular weight excluding hydrogens is 478 g/mol. The Morgan fingerprint density at radius 3 is 2.33 bits per heavy atom. The number of alkyl halides is 6. The van der Waals surface area contributed by atoms with E-state index in [0.717, 1.165) is 42.7 Å². The van der Waals surface area contributed by atoms with Crippen LogP contribution in [0, 0.1) is 0 Å². The van der Waals surface area contributed by atoms with Gasteiger partial charge >= 0.3 is 12.4 Å². The summed E-state index contributed by atoms with van der Waals surface area (Å²) in [6.07, 6.45) is -7.36. The van der Waals surface area contributed by atoms with Crippen molar-refractivity contribution in [3.8, 4) is 0 Å². The van der Waals surface area contributed by atoms with Gasteiger partial charge in [0.1, 0.15) is 12.2 Å². The van der Waals surface area contributed by atoms with Crippen LogP contribution in [-0.4, -0.2) is 35.3 Å². The Bertz CT molecular complexity index is 1250. The van der Waals surface area contributed by atoms with Crippen molar-refractivity contribution in [3.63, 3.8) is 0 Å². The van der Waals surface area contributed by atoms with Crippen molar-refractivity contribution in [2.75, 3.05) is 0 Å². The molecule has 0 bridgehead atoms. The monoisotopic (exact) mass is 492 g/mol. The maximum Gasteiger partial charge on any atom is 0.416 e. The highest BCUT2D eigenvalue weighted by atomic mass is 32.2. The molecule has 33 heavy (non-hydrogen) atoms. The Morgan fingerprint density at radius 1 is 1.00 bits per heavy atom. The van der Waals surface area contributed by atoms with Gasteiger partial charge < -0.3 is 5.32 Å². The van der Waals surface area contributed by atoms with Crippen LogP contribution in [0.3, 0.4) is 0 Å². The molecule has 0 saturated carbocycles. The molecule has 7 nitrogen and oxygen atoms in total. The second kappa shape index (κ2) is 8.84. The number of carbonyl (C=O) groups is 1. The summed E-state index contributed by atoms with van der Waals surface area (Å²) in [5.74, 6) is -0.862. The van der Waals surface area contributed by atoms with Crippen LogP contribution < -0.4 is 5.32 Å².